The number of carbonyl (C=O) groups excluding carboxylic acids is 1. The van der Waals surface area contributed by atoms with Crippen molar-refractivity contribution in [3.63, 3.8) is 0 Å². The van der Waals surface area contributed by atoms with Gasteiger partial charge in [0.1, 0.15) is 11.6 Å². The number of ether oxygens (including phenoxy) is 1. The maximum Gasteiger partial charge on any atom is 0.228 e. The first kappa shape index (κ1) is 20.8. The van der Waals surface area contributed by atoms with Crippen molar-refractivity contribution in [3.8, 4) is 5.75 Å². The van der Waals surface area contributed by atoms with Gasteiger partial charge in [0.05, 0.1) is 24.4 Å². The van der Waals surface area contributed by atoms with Crippen molar-refractivity contribution >= 4 is 11.6 Å². The zero-order chi connectivity index (χ0) is 22.2. The molecule has 1 amide bonds. The molecule has 0 unspecified atom stereocenters. The number of aromatic nitrogens is 2. The summed E-state index contributed by atoms with van der Waals surface area (Å²) in [6.07, 6.45) is 2.04. The highest BCUT2D eigenvalue weighted by atomic mass is 19.2. The van der Waals surface area contributed by atoms with Gasteiger partial charge in [-0.3, -0.25) is 4.79 Å². The van der Waals surface area contributed by atoms with Crippen molar-refractivity contribution in [3.05, 3.63) is 83.2 Å². The normalized spacial score (nSPS) is 19.7. The molecule has 31 heavy (non-hydrogen) atoms. The maximum absolute atomic E-state index is 13.5. The molecule has 0 radical (unpaired) electrons. The molecule has 1 N–H and O–H groups in total. The number of nitrogens with one attached hydrogen (secondary N) is 1. The number of aryl methyl sites for hydroxylation is 2. The van der Waals surface area contributed by atoms with Crippen molar-refractivity contribution in [1.82, 2.24) is 9.97 Å². The van der Waals surface area contributed by atoms with Crippen LogP contribution in [0.4, 0.5) is 18.9 Å². The summed E-state index contributed by atoms with van der Waals surface area (Å²) in [5, 5.41) is 2.62. The van der Waals surface area contributed by atoms with Crippen molar-refractivity contribution in [2.24, 2.45) is 5.92 Å². The molecular formula is C23H20F3N3O2. The van der Waals surface area contributed by atoms with Gasteiger partial charge in [0.2, 0.25) is 5.91 Å². The van der Waals surface area contributed by atoms with E-state index >= 15 is 0 Å². The van der Waals surface area contributed by atoms with Gasteiger partial charge in [0.25, 0.3) is 0 Å². The van der Waals surface area contributed by atoms with Crippen LogP contribution < -0.4 is 10.1 Å². The number of anilines is 1. The monoisotopic (exact) mass is 427 g/mol. The standard InChI is InChI=1S/C23H20F3N3O2/c1-13-21(11-27-14(2)28-13)31-12-23(15-3-5-16(24)6-4-15)10-18(23)22(30)29-17-7-8-19(25)20(26)9-17/h3-9,11,18H,10,12H2,1-2H3,(H,29,30)/t18-,23+/m0/s1. The zero-order valence-electron chi connectivity index (χ0n) is 17.0. The number of hydrogen-bond acceptors (Lipinski definition) is 4. The molecule has 1 saturated carbocycles. The lowest BCUT2D eigenvalue weighted by atomic mass is 9.93. The van der Waals surface area contributed by atoms with Crippen LogP contribution in [0.2, 0.25) is 0 Å². The lowest BCUT2D eigenvalue weighted by Gasteiger charge is -2.20. The Morgan fingerprint density at radius 1 is 1.13 bits per heavy atom. The zero-order valence-corrected chi connectivity index (χ0v) is 17.0. The molecule has 0 saturated heterocycles. The molecule has 1 aliphatic rings. The number of hydrogen-bond donors (Lipinski definition) is 1. The Balaban J connectivity index is 1.56. The van der Waals surface area contributed by atoms with E-state index in [0.717, 1.165) is 17.7 Å². The lowest BCUT2D eigenvalue weighted by molar-refractivity contribution is -0.117. The van der Waals surface area contributed by atoms with Crippen molar-refractivity contribution in [2.75, 3.05) is 11.9 Å². The Bertz CT molecular complexity index is 1140. The minimum absolute atomic E-state index is 0.155. The SMILES string of the molecule is Cc1ncc(OC[C@@]2(c3ccc(F)cc3)C[C@H]2C(=O)Nc2ccc(F)c(F)c2)c(C)n1. The van der Waals surface area contributed by atoms with Crippen molar-refractivity contribution in [1.29, 1.82) is 0 Å². The van der Waals surface area contributed by atoms with Gasteiger partial charge < -0.3 is 10.1 Å². The third-order valence-corrected chi connectivity index (χ3v) is 5.54. The summed E-state index contributed by atoms with van der Waals surface area (Å²) in [6.45, 7) is 3.73. The number of rotatable bonds is 6. The third-order valence-electron chi connectivity index (χ3n) is 5.54. The largest absolute Gasteiger partial charge is 0.489 e. The molecule has 0 spiro atoms. The van der Waals surface area contributed by atoms with Gasteiger partial charge in [-0.2, -0.15) is 0 Å². The van der Waals surface area contributed by atoms with Crippen LogP contribution in [0, 0.1) is 37.2 Å². The van der Waals surface area contributed by atoms with Crippen LogP contribution in [0.15, 0.2) is 48.7 Å². The first-order valence-electron chi connectivity index (χ1n) is 9.73. The maximum atomic E-state index is 13.5. The van der Waals surface area contributed by atoms with E-state index in [2.05, 4.69) is 15.3 Å². The second-order valence-corrected chi connectivity index (χ2v) is 7.69. The fourth-order valence-corrected chi connectivity index (χ4v) is 3.72. The molecule has 0 bridgehead atoms. The number of carbonyl (C=O) groups is 1. The van der Waals surface area contributed by atoms with Crippen LogP contribution in [0.3, 0.4) is 0 Å². The van der Waals surface area contributed by atoms with Gasteiger partial charge in [-0.25, -0.2) is 23.1 Å². The molecule has 3 aromatic rings. The summed E-state index contributed by atoms with van der Waals surface area (Å²) in [5.41, 5.74) is 0.899. The second-order valence-electron chi connectivity index (χ2n) is 7.69. The summed E-state index contributed by atoms with van der Waals surface area (Å²) >= 11 is 0. The number of benzene rings is 2. The highest BCUT2D eigenvalue weighted by Gasteiger charge is 2.60. The van der Waals surface area contributed by atoms with Crippen LogP contribution in [-0.4, -0.2) is 22.5 Å². The Morgan fingerprint density at radius 2 is 1.87 bits per heavy atom. The molecule has 4 rings (SSSR count). The number of amides is 1. The minimum atomic E-state index is -1.04. The van der Waals surface area contributed by atoms with E-state index in [4.69, 9.17) is 4.74 Å². The van der Waals surface area contributed by atoms with E-state index in [-0.39, 0.29) is 24.0 Å². The summed E-state index contributed by atoms with van der Waals surface area (Å²) in [6, 6.07) is 9.10. The summed E-state index contributed by atoms with van der Waals surface area (Å²) in [7, 11) is 0. The molecule has 2 aromatic carbocycles. The summed E-state index contributed by atoms with van der Waals surface area (Å²) in [4.78, 5) is 21.3. The quantitative estimate of drug-likeness (QED) is 0.630. The van der Waals surface area contributed by atoms with E-state index in [1.54, 1.807) is 32.2 Å². The molecule has 2 atom stereocenters. The molecule has 8 heteroatoms. The second kappa shape index (κ2) is 8.02. The smallest absolute Gasteiger partial charge is 0.228 e. The fourth-order valence-electron chi connectivity index (χ4n) is 3.72. The van der Waals surface area contributed by atoms with Gasteiger partial charge in [-0.1, -0.05) is 12.1 Å². The molecular weight excluding hydrogens is 407 g/mol. The van der Waals surface area contributed by atoms with E-state index in [0.29, 0.717) is 23.7 Å². The average Bonchev–Trinajstić information content (AvgIpc) is 3.46. The van der Waals surface area contributed by atoms with Crippen LogP contribution in [-0.2, 0) is 10.2 Å². The van der Waals surface area contributed by atoms with E-state index in [9.17, 15) is 18.0 Å². The van der Waals surface area contributed by atoms with Gasteiger partial charge in [0, 0.05) is 17.2 Å². The molecule has 1 heterocycles. The van der Waals surface area contributed by atoms with Crippen molar-refractivity contribution in [2.45, 2.75) is 25.7 Å². The van der Waals surface area contributed by atoms with Crippen molar-refractivity contribution < 1.29 is 22.7 Å². The van der Waals surface area contributed by atoms with Gasteiger partial charge in [0.15, 0.2) is 17.4 Å². The molecule has 160 valence electrons. The first-order chi connectivity index (χ1) is 14.8. The van der Waals surface area contributed by atoms with Gasteiger partial charge >= 0.3 is 0 Å². The number of nitrogens with zero attached hydrogens (tertiary/aromatic N) is 2. The van der Waals surface area contributed by atoms with Crippen LogP contribution in [0.25, 0.3) is 0 Å². The molecule has 1 aromatic heterocycles. The average molecular weight is 427 g/mol. The van der Waals surface area contributed by atoms with E-state index in [1.165, 1.54) is 18.2 Å². The van der Waals surface area contributed by atoms with Gasteiger partial charge in [-0.15, -0.1) is 0 Å². The first-order valence-corrected chi connectivity index (χ1v) is 9.73. The van der Waals surface area contributed by atoms with E-state index in [1.807, 2.05) is 0 Å². The highest BCUT2D eigenvalue weighted by molar-refractivity contribution is 5.96. The summed E-state index contributed by atoms with van der Waals surface area (Å²) in [5.74, 6) is -2.14. The Morgan fingerprint density at radius 3 is 2.55 bits per heavy atom. The highest BCUT2D eigenvalue weighted by Crippen LogP contribution is 2.55. The Kier molecular flexibility index (Phi) is 5.39. The topological polar surface area (TPSA) is 64.1 Å². The predicted octanol–water partition coefficient (Wildman–Crippen LogP) is 4.49. The Labute approximate surface area is 177 Å². The van der Waals surface area contributed by atoms with Crippen LogP contribution in [0.1, 0.15) is 23.5 Å². The fraction of sp³-hybridized carbons (Fsp3) is 0.261. The van der Waals surface area contributed by atoms with Crippen LogP contribution in [0.5, 0.6) is 5.75 Å². The predicted molar refractivity (Wildman–Crippen MR) is 108 cm³/mol. The third kappa shape index (κ3) is 4.23. The molecule has 1 aliphatic carbocycles. The minimum Gasteiger partial charge on any atom is -0.489 e. The molecule has 1 fully saturated rings. The lowest BCUT2D eigenvalue weighted by Crippen LogP contribution is -2.26. The van der Waals surface area contributed by atoms with Crippen LogP contribution >= 0.6 is 0 Å². The van der Waals surface area contributed by atoms with Gasteiger partial charge in [-0.05, 0) is 50.1 Å². The molecule has 5 nitrogen and oxygen atoms in total. The summed E-state index contributed by atoms with van der Waals surface area (Å²) < 4.78 is 46.1. The molecule has 0 aliphatic heterocycles. The Hall–Kier alpha value is -3.42. The van der Waals surface area contributed by atoms with E-state index < -0.39 is 23.0 Å². The number of halogens is 3.